The van der Waals surface area contributed by atoms with Gasteiger partial charge < -0.3 is 10.6 Å². The zero-order valence-electron chi connectivity index (χ0n) is 10.5. The molecule has 0 bridgehead atoms. The second kappa shape index (κ2) is 5.17. The summed E-state index contributed by atoms with van der Waals surface area (Å²) in [5.41, 5.74) is 0. The first kappa shape index (κ1) is 11.9. The lowest BCUT2D eigenvalue weighted by atomic mass is 9.80. The zero-order chi connectivity index (χ0) is 11.5. The van der Waals surface area contributed by atoms with Crippen LogP contribution in [-0.4, -0.2) is 24.5 Å². The van der Waals surface area contributed by atoms with E-state index < -0.39 is 0 Å². The van der Waals surface area contributed by atoms with E-state index in [1.165, 1.54) is 25.7 Å². The molecule has 0 aromatic carbocycles. The van der Waals surface area contributed by atoms with Gasteiger partial charge in [0.2, 0.25) is 5.91 Å². The van der Waals surface area contributed by atoms with Gasteiger partial charge in [0.05, 0.1) is 6.04 Å². The van der Waals surface area contributed by atoms with E-state index in [9.17, 15) is 4.79 Å². The summed E-state index contributed by atoms with van der Waals surface area (Å²) in [5.74, 6) is 1.62. The maximum Gasteiger partial charge on any atom is 0.237 e. The van der Waals surface area contributed by atoms with Crippen molar-refractivity contribution in [1.82, 2.24) is 10.6 Å². The average molecular weight is 224 g/mol. The van der Waals surface area contributed by atoms with E-state index in [2.05, 4.69) is 24.5 Å². The third kappa shape index (κ3) is 2.76. The van der Waals surface area contributed by atoms with Crippen LogP contribution in [0.5, 0.6) is 0 Å². The van der Waals surface area contributed by atoms with Gasteiger partial charge in [0.25, 0.3) is 0 Å². The van der Waals surface area contributed by atoms with Gasteiger partial charge in [0, 0.05) is 6.04 Å². The van der Waals surface area contributed by atoms with Crippen molar-refractivity contribution in [3.8, 4) is 0 Å². The van der Waals surface area contributed by atoms with Crippen molar-refractivity contribution in [3.63, 3.8) is 0 Å². The number of piperidine rings is 1. The van der Waals surface area contributed by atoms with Gasteiger partial charge in [-0.15, -0.1) is 0 Å². The molecule has 2 fully saturated rings. The van der Waals surface area contributed by atoms with Crippen LogP contribution in [0.2, 0.25) is 0 Å². The fourth-order valence-corrected chi connectivity index (χ4v) is 2.69. The van der Waals surface area contributed by atoms with Crippen molar-refractivity contribution in [3.05, 3.63) is 0 Å². The minimum atomic E-state index is 0.0475. The van der Waals surface area contributed by atoms with Crippen molar-refractivity contribution in [2.75, 3.05) is 6.54 Å². The predicted molar refractivity (Wildman–Crippen MR) is 65.1 cm³/mol. The second-order valence-corrected chi connectivity index (χ2v) is 5.62. The smallest absolute Gasteiger partial charge is 0.237 e. The summed E-state index contributed by atoms with van der Waals surface area (Å²) in [6.07, 6.45) is 6.10. The first-order chi connectivity index (χ1) is 7.66. The first-order valence-electron chi connectivity index (χ1n) is 6.70. The van der Waals surface area contributed by atoms with E-state index in [1.807, 2.05) is 0 Å². The quantitative estimate of drug-likeness (QED) is 0.766. The van der Waals surface area contributed by atoms with Crippen LogP contribution in [0.3, 0.4) is 0 Å². The average Bonchev–Trinajstić information content (AvgIpc) is 2.14. The fraction of sp³-hybridized carbons (Fsp3) is 0.923. The van der Waals surface area contributed by atoms with Gasteiger partial charge in [0.1, 0.15) is 0 Å². The van der Waals surface area contributed by atoms with Crippen LogP contribution in [0.15, 0.2) is 0 Å². The Morgan fingerprint density at radius 3 is 2.69 bits per heavy atom. The molecule has 3 nitrogen and oxygen atoms in total. The molecule has 16 heavy (non-hydrogen) atoms. The highest BCUT2D eigenvalue weighted by molar-refractivity contribution is 5.82. The Labute approximate surface area is 98.4 Å². The summed E-state index contributed by atoms with van der Waals surface area (Å²) in [7, 11) is 0. The minimum Gasteiger partial charge on any atom is -0.352 e. The van der Waals surface area contributed by atoms with Gasteiger partial charge in [-0.1, -0.05) is 13.3 Å². The lowest BCUT2D eigenvalue weighted by molar-refractivity contribution is -0.125. The van der Waals surface area contributed by atoms with Crippen LogP contribution in [0.4, 0.5) is 0 Å². The van der Waals surface area contributed by atoms with E-state index >= 15 is 0 Å². The molecule has 92 valence electrons. The van der Waals surface area contributed by atoms with Crippen LogP contribution >= 0.6 is 0 Å². The van der Waals surface area contributed by atoms with Crippen LogP contribution in [0.1, 0.15) is 46.0 Å². The van der Waals surface area contributed by atoms with E-state index in [0.29, 0.717) is 12.0 Å². The van der Waals surface area contributed by atoms with Crippen molar-refractivity contribution in [1.29, 1.82) is 0 Å². The Morgan fingerprint density at radius 2 is 2.12 bits per heavy atom. The van der Waals surface area contributed by atoms with E-state index in [1.54, 1.807) is 0 Å². The molecule has 1 heterocycles. The molecule has 1 aliphatic heterocycles. The van der Waals surface area contributed by atoms with E-state index in [4.69, 9.17) is 0 Å². The molecule has 1 amide bonds. The third-order valence-corrected chi connectivity index (χ3v) is 4.21. The van der Waals surface area contributed by atoms with E-state index in [-0.39, 0.29) is 11.9 Å². The summed E-state index contributed by atoms with van der Waals surface area (Å²) in [6, 6.07) is 0.409. The Hall–Kier alpha value is -0.570. The molecule has 0 aromatic heterocycles. The molecule has 3 atom stereocenters. The number of nitrogens with one attached hydrogen (secondary N) is 2. The molecule has 2 aliphatic rings. The summed E-state index contributed by atoms with van der Waals surface area (Å²) in [5, 5.41) is 6.49. The van der Waals surface area contributed by atoms with Crippen LogP contribution < -0.4 is 10.6 Å². The molecule has 3 unspecified atom stereocenters. The molecule has 0 spiro atoms. The molecule has 0 radical (unpaired) electrons. The van der Waals surface area contributed by atoms with Crippen molar-refractivity contribution in [2.45, 2.75) is 58.0 Å². The Balaban J connectivity index is 1.77. The minimum absolute atomic E-state index is 0.0475. The number of hydrogen-bond donors (Lipinski definition) is 2. The van der Waals surface area contributed by atoms with Crippen LogP contribution in [0, 0.1) is 11.8 Å². The molecule has 3 heteroatoms. The molecule has 1 aliphatic carbocycles. The summed E-state index contributed by atoms with van der Waals surface area (Å²) < 4.78 is 0. The molecule has 0 aromatic rings. The Bertz CT molecular complexity index is 250. The number of hydrogen-bond acceptors (Lipinski definition) is 2. The van der Waals surface area contributed by atoms with Gasteiger partial charge in [-0.05, 0) is 51.0 Å². The number of carbonyl (C=O) groups excluding carboxylic acids is 1. The maximum atomic E-state index is 12.0. The molecule has 1 saturated heterocycles. The van der Waals surface area contributed by atoms with Crippen LogP contribution in [0.25, 0.3) is 0 Å². The molecular formula is C13H24N2O. The Morgan fingerprint density at radius 1 is 1.38 bits per heavy atom. The monoisotopic (exact) mass is 224 g/mol. The zero-order valence-corrected chi connectivity index (χ0v) is 10.5. The number of amides is 1. The third-order valence-electron chi connectivity index (χ3n) is 4.21. The highest BCUT2D eigenvalue weighted by atomic mass is 16.2. The molecular weight excluding hydrogens is 200 g/mol. The Kier molecular flexibility index (Phi) is 3.85. The standard InChI is InChI=1S/C13H24N2O/c1-9-6-7-14-12(8-9)13(16)15-10(2)11-4-3-5-11/h9-12,14H,3-8H2,1-2H3,(H,15,16). The lowest BCUT2D eigenvalue weighted by Crippen LogP contribution is -2.52. The fourth-order valence-electron chi connectivity index (χ4n) is 2.69. The SMILES string of the molecule is CC1CCNC(C(=O)NC(C)C2CCC2)C1. The normalized spacial score (nSPS) is 32.9. The van der Waals surface area contributed by atoms with Gasteiger partial charge in [-0.3, -0.25) is 4.79 Å². The number of carbonyl (C=O) groups is 1. The van der Waals surface area contributed by atoms with Gasteiger partial charge in [-0.2, -0.15) is 0 Å². The highest BCUT2D eigenvalue weighted by Crippen LogP contribution is 2.29. The van der Waals surface area contributed by atoms with Gasteiger partial charge >= 0.3 is 0 Å². The second-order valence-electron chi connectivity index (χ2n) is 5.62. The lowest BCUT2D eigenvalue weighted by Gasteiger charge is -2.34. The summed E-state index contributed by atoms with van der Waals surface area (Å²) in [4.78, 5) is 12.0. The first-order valence-corrected chi connectivity index (χ1v) is 6.70. The summed E-state index contributed by atoms with van der Waals surface area (Å²) >= 11 is 0. The van der Waals surface area contributed by atoms with Crippen LogP contribution in [-0.2, 0) is 4.79 Å². The predicted octanol–water partition coefficient (Wildman–Crippen LogP) is 1.68. The van der Waals surface area contributed by atoms with Crippen molar-refractivity contribution < 1.29 is 4.79 Å². The van der Waals surface area contributed by atoms with Crippen molar-refractivity contribution >= 4 is 5.91 Å². The molecule has 1 saturated carbocycles. The van der Waals surface area contributed by atoms with Gasteiger partial charge in [-0.25, -0.2) is 0 Å². The van der Waals surface area contributed by atoms with E-state index in [0.717, 1.165) is 18.9 Å². The molecule has 2 N–H and O–H groups in total. The maximum absolute atomic E-state index is 12.0. The number of rotatable bonds is 3. The topological polar surface area (TPSA) is 41.1 Å². The highest BCUT2D eigenvalue weighted by Gasteiger charge is 2.29. The van der Waals surface area contributed by atoms with Crippen molar-refractivity contribution in [2.24, 2.45) is 11.8 Å². The summed E-state index contributed by atoms with van der Waals surface area (Å²) in [6.45, 7) is 5.36. The molecule has 2 rings (SSSR count). The van der Waals surface area contributed by atoms with Gasteiger partial charge in [0.15, 0.2) is 0 Å². The largest absolute Gasteiger partial charge is 0.352 e.